The molecule has 132 valence electrons. The second kappa shape index (κ2) is 6.59. The molecule has 6 nitrogen and oxygen atoms in total. The van der Waals surface area contributed by atoms with Gasteiger partial charge in [-0.25, -0.2) is 9.37 Å². The Bertz CT molecular complexity index is 1030. The molecule has 0 saturated heterocycles. The molecule has 1 aromatic carbocycles. The lowest BCUT2D eigenvalue weighted by atomic mass is 10.1. The van der Waals surface area contributed by atoms with Crippen LogP contribution >= 0.6 is 0 Å². The van der Waals surface area contributed by atoms with E-state index in [0.717, 1.165) is 34.7 Å². The number of anilines is 1. The molecule has 0 unspecified atom stereocenters. The van der Waals surface area contributed by atoms with Gasteiger partial charge in [-0.3, -0.25) is 4.68 Å². The normalized spacial score (nSPS) is 12.4. The number of rotatable bonds is 5. The Kier molecular flexibility index (Phi) is 4.12. The summed E-state index contributed by atoms with van der Waals surface area (Å²) in [5.41, 5.74) is 3.46. The van der Waals surface area contributed by atoms with Crippen LogP contribution in [0.3, 0.4) is 0 Å². The molecule has 0 fully saturated rings. The van der Waals surface area contributed by atoms with Gasteiger partial charge < -0.3 is 5.32 Å². The summed E-state index contributed by atoms with van der Waals surface area (Å²) in [5, 5.41) is 12.2. The number of hydrogen-bond donors (Lipinski definition) is 1. The van der Waals surface area contributed by atoms with Gasteiger partial charge in [0.1, 0.15) is 11.6 Å². The molecule has 0 spiro atoms. The van der Waals surface area contributed by atoms with Crippen molar-refractivity contribution in [2.75, 3.05) is 5.32 Å². The van der Waals surface area contributed by atoms with E-state index in [4.69, 9.17) is 0 Å². The fourth-order valence-electron chi connectivity index (χ4n) is 3.00. The van der Waals surface area contributed by atoms with Crippen LogP contribution < -0.4 is 5.32 Å². The van der Waals surface area contributed by atoms with Crippen LogP contribution in [0, 0.1) is 5.82 Å². The topological polar surface area (TPSA) is 60.0 Å². The molecule has 0 aliphatic heterocycles. The highest BCUT2D eigenvalue weighted by Crippen LogP contribution is 2.26. The molecule has 3 aromatic heterocycles. The van der Waals surface area contributed by atoms with Crippen LogP contribution in [0.15, 0.2) is 55.0 Å². The summed E-state index contributed by atoms with van der Waals surface area (Å²) in [7, 11) is 1.90. The van der Waals surface area contributed by atoms with Crippen molar-refractivity contribution in [1.82, 2.24) is 24.4 Å². The van der Waals surface area contributed by atoms with E-state index in [0.29, 0.717) is 0 Å². The Morgan fingerprint density at radius 3 is 2.65 bits per heavy atom. The third kappa shape index (κ3) is 3.03. The fraction of sp³-hybridized carbons (Fsp3) is 0.211. The molecule has 0 bridgehead atoms. The second-order valence-corrected chi connectivity index (χ2v) is 6.19. The highest BCUT2D eigenvalue weighted by molar-refractivity contribution is 5.66. The molecule has 26 heavy (non-hydrogen) atoms. The summed E-state index contributed by atoms with van der Waals surface area (Å²) in [6, 6.07) is 10.2. The maximum Gasteiger partial charge on any atom is 0.157 e. The van der Waals surface area contributed by atoms with Crippen LogP contribution in [0.2, 0.25) is 0 Å². The van der Waals surface area contributed by atoms with E-state index >= 15 is 0 Å². The van der Waals surface area contributed by atoms with E-state index in [2.05, 4.69) is 27.4 Å². The van der Waals surface area contributed by atoms with Crippen LogP contribution in [0.1, 0.15) is 24.9 Å². The first-order valence-corrected chi connectivity index (χ1v) is 8.50. The van der Waals surface area contributed by atoms with E-state index < -0.39 is 0 Å². The maximum atomic E-state index is 13.2. The number of fused-ring (bicyclic) bond motifs is 1. The molecule has 0 radical (unpaired) electrons. The number of nitrogens with one attached hydrogen (secondary N) is 1. The lowest BCUT2D eigenvalue weighted by Crippen LogP contribution is -2.13. The summed E-state index contributed by atoms with van der Waals surface area (Å²) in [4.78, 5) is 4.63. The van der Waals surface area contributed by atoms with Crippen LogP contribution in [-0.4, -0.2) is 24.4 Å². The van der Waals surface area contributed by atoms with E-state index in [1.807, 2.05) is 31.6 Å². The Morgan fingerprint density at radius 2 is 1.96 bits per heavy atom. The number of aryl methyl sites for hydroxylation is 1. The van der Waals surface area contributed by atoms with Gasteiger partial charge in [-0.2, -0.15) is 14.7 Å². The molecule has 0 aliphatic rings. The Hall–Kier alpha value is -3.22. The van der Waals surface area contributed by atoms with E-state index in [9.17, 15) is 4.39 Å². The molecule has 1 atom stereocenters. The smallest absolute Gasteiger partial charge is 0.157 e. The first-order chi connectivity index (χ1) is 12.6. The lowest BCUT2D eigenvalue weighted by molar-refractivity contribution is 0.628. The SMILES string of the molecule is CC[C@H](Nc1cc(-c2ccc(F)cc2)nc2ccnn12)c1cnn(C)c1. The third-order valence-electron chi connectivity index (χ3n) is 4.36. The molecule has 1 N–H and O–H groups in total. The van der Waals surface area contributed by atoms with Gasteiger partial charge in [0.2, 0.25) is 0 Å². The maximum absolute atomic E-state index is 13.2. The zero-order valence-corrected chi connectivity index (χ0v) is 14.6. The number of hydrogen-bond acceptors (Lipinski definition) is 4. The zero-order valence-electron chi connectivity index (χ0n) is 14.6. The molecule has 0 saturated carbocycles. The first kappa shape index (κ1) is 16.3. The molecule has 7 heteroatoms. The van der Waals surface area contributed by atoms with Crippen LogP contribution in [0.5, 0.6) is 0 Å². The molecular weight excluding hydrogens is 331 g/mol. The van der Waals surface area contributed by atoms with Gasteiger partial charge in [-0.1, -0.05) is 6.92 Å². The lowest BCUT2D eigenvalue weighted by Gasteiger charge is -2.18. The minimum atomic E-state index is -0.264. The molecular formula is C19H19FN6. The minimum Gasteiger partial charge on any atom is -0.363 e. The predicted molar refractivity (Wildman–Crippen MR) is 98.2 cm³/mol. The average molecular weight is 350 g/mol. The van der Waals surface area contributed by atoms with Crippen molar-refractivity contribution < 1.29 is 4.39 Å². The van der Waals surface area contributed by atoms with Gasteiger partial charge in [0.25, 0.3) is 0 Å². The van der Waals surface area contributed by atoms with Crippen molar-refractivity contribution >= 4 is 11.5 Å². The molecule has 4 rings (SSSR count). The van der Waals surface area contributed by atoms with Gasteiger partial charge in [-0.05, 0) is 30.7 Å². The van der Waals surface area contributed by atoms with E-state index in [-0.39, 0.29) is 11.9 Å². The average Bonchev–Trinajstić information content (AvgIpc) is 3.29. The summed E-state index contributed by atoms with van der Waals surface area (Å²) in [5.74, 6) is 0.565. The van der Waals surface area contributed by atoms with Crippen LogP contribution in [0.25, 0.3) is 16.9 Å². The van der Waals surface area contributed by atoms with Crippen molar-refractivity contribution in [2.45, 2.75) is 19.4 Å². The molecule has 0 amide bonds. The molecule has 0 aliphatic carbocycles. The summed E-state index contributed by atoms with van der Waals surface area (Å²) in [6.45, 7) is 2.12. The van der Waals surface area contributed by atoms with E-state index in [1.165, 1.54) is 12.1 Å². The van der Waals surface area contributed by atoms with Crippen molar-refractivity contribution in [1.29, 1.82) is 0 Å². The van der Waals surface area contributed by atoms with Gasteiger partial charge in [-0.15, -0.1) is 0 Å². The first-order valence-electron chi connectivity index (χ1n) is 8.50. The van der Waals surface area contributed by atoms with Gasteiger partial charge in [0.15, 0.2) is 5.65 Å². The minimum absolute atomic E-state index is 0.0968. The monoisotopic (exact) mass is 350 g/mol. The van der Waals surface area contributed by atoms with Gasteiger partial charge >= 0.3 is 0 Å². The fourth-order valence-corrected chi connectivity index (χ4v) is 3.00. The molecule has 4 aromatic rings. The summed E-state index contributed by atoms with van der Waals surface area (Å²) >= 11 is 0. The predicted octanol–water partition coefficient (Wildman–Crippen LogP) is 3.83. The van der Waals surface area contributed by atoms with Gasteiger partial charge in [0.05, 0.1) is 24.1 Å². The summed E-state index contributed by atoms with van der Waals surface area (Å²) in [6.07, 6.45) is 6.47. The second-order valence-electron chi connectivity index (χ2n) is 6.19. The third-order valence-corrected chi connectivity index (χ3v) is 4.36. The Morgan fingerprint density at radius 1 is 1.15 bits per heavy atom. The number of aromatic nitrogens is 5. The largest absolute Gasteiger partial charge is 0.363 e. The number of nitrogens with zero attached hydrogens (tertiary/aromatic N) is 5. The number of halogens is 1. The van der Waals surface area contributed by atoms with Crippen molar-refractivity contribution in [3.05, 3.63) is 66.4 Å². The van der Waals surface area contributed by atoms with E-state index in [1.54, 1.807) is 27.5 Å². The Balaban J connectivity index is 1.75. The summed E-state index contributed by atoms with van der Waals surface area (Å²) < 4.78 is 16.8. The Labute approximate surface area is 150 Å². The quantitative estimate of drug-likeness (QED) is 0.594. The molecule has 3 heterocycles. The van der Waals surface area contributed by atoms with Crippen LogP contribution in [-0.2, 0) is 7.05 Å². The van der Waals surface area contributed by atoms with Crippen molar-refractivity contribution in [2.24, 2.45) is 7.05 Å². The van der Waals surface area contributed by atoms with Crippen molar-refractivity contribution in [3.8, 4) is 11.3 Å². The standard InChI is InChI=1S/C19H19FN6/c1-3-16(14-11-22-25(2)12-14)23-19-10-17(13-4-6-15(20)7-5-13)24-18-8-9-21-26(18)19/h4-12,16,23H,3H2,1-2H3/t16-/m0/s1. The zero-order chi connectivity index (χ0) is 18.1. The van der Waals surface area contributed by atoms with Gasteiger partial charge in [0, 0.05) is 36.5 Å². The van der Waals surface area contributed by atoms with Crippen molar-refractivity contribution in [3.63, 3.8) is 0 Å². The highest BCUT2D eigenvalue weighted by atomic mass is 19.1. The van der Waals surface area contributed by atoms with Crippen LogP contribution in [0.4, 0.5) is 10.2 Å². The highest BCUT2D eigenvalue weighted by Gasteiger charge is 2.15. The number of benzene rings is 1.